The molecule has 0 aliphatic carbocycles. The highest BCUT2D eigenvalue weighted by Gasteiger charge is 2.00. The van der Waals surface area contributed by atoms with E-state index in [1.54, 1.807) is 0 Å². The zero-order chi connectivity index (χ0) is 10.6. The maximum Gasteiger partial charge on any atom is 0.307 e. The van der Waals surface area contributed by atoms with Crippen molar-refractivity contribution in [3.05, 3.63) is 0 Å². The maximum absolute atomic E-state index is 11.1. The van der Waals surface area contributed by atoms with E-state index in [9.17, 15) is 4.79 Å². The fourth-order valence-corrected chi connectivity index (χ4v) is 1.03. The third-order valence-electron chi connectivity index (χ3n) is 1.84. The van der Waals surface area contributed by atoms with E-state index in [1.807, 2.05) is 0 Å². The van der Waals surface area contributed by atoms with Crippen LogP contribution < -0.4 is 11.1 Å². The van der Waals surface area contributed by atoms with Crippen LogP contribution in [-0.4, -0.2) is 32.2 Å². The molecule has 0 spiro atoms. The summed E-state index contributed by atoms with van der Waals surface area (Å²) in [6, 6.07) is 0. The Balaban J connectivity index is 3.11. The molecule has 3 N–H and O–H groups in total. The smallest absolute Gasteiger partial charge is 0.307 e. The lowest BCUT2D eigenvalue weighted by atomic mass is 10.3. The van der Waals surface area contributed by atoms with Crippen LogP contribution in [0.3, 0.4) is 0 Å². The van der Waals surface area contributed by atoms with Gasteiger partial charge in [0.2, 0.25) is 0 Å². The molecule has 4 heteroatoms. The normalized spacial score (nSPS) is 10.1. The number of carbonyl (C=O) groups is 1. The van der Waals surface area contributed by atoms with Crippen LogP contribution >= 0.6 is 0 Å². The first-order valence-electron chi connectivity index (χ1n) is 5.37. The fraction of sp³-hybridized carbons (Fsp3) is 0.900. The van der Waals surface area contributed by atoms with Gasteiger partial charge in [-0.3, -0.25) is 4.79 Å². The second-order valence-corrected chi connectivity index (χ2v) is 3.22. The van der Waals surface area contributed by atoms with E-state index in [1.165, 1.54) is 0 Å². The summed E-state index contributed by atoms with van der Waals surface area (Å²) in [4.78, 5) is 11.1. The molecule has 14 heavy (non-hydrogen) atoms. The lowest BCUT2D eigenvalue weighted by molar-refractivity contribution is -0.143. The van der Waals surface area contributed by atoms with Crippen molar-refractivity contribution in [2.24, 2.45) is 5.73 Å². The van der Waals surface area contributed by atoms with Crippen LogP contribution in [0.4, 0.5) is 0 Å². The van der Waals surface area contributed by atoms with Crippen molar-refractivity contribution in [3.63, 3.8) is 0 Å². The van der Waals surface area contributed by atoms with Crippen molar-refractivity contribution in [2.45, 2.75) is 32.6 Å². The van der Waals surface area contributed by atoms with Gasteiger partial charge in [-0.15, -0.1) is 0 Å². The molecule has 84 valence electrons. The largest absolute Gasteiger partial charge is 0.466 e. The quantitative estimate of drug-likeness (QED) is 0.426. The van der Waals surface area contributed by atoms with Crippen molar-refractivity contribution >= 4 is 5.97 Å². The number of esters is 1. The molecule has 0 aromatic rings. The van der Waals surface area contributed by atoms with Gasteiger partial charge < -0.3 is 15.8 Å². The van der Waals surface area contributed by atoms with Gasteiger partial charge in [-0.25, -0.2) is 0 Å². The average molecular weight is 202 g/mol. The summed E-state index contributed by atoms with van der Waals surface area (Å²) in [5.74, 6) is -0.120. The molecular weight excluding hydrogens is 180 g/mol. The Hall–Kier alpha value is -0.610. The van der Waals surface area contributed by atoms with Gasteiger partial charge in [0.05, 0.1) is 13.0 Å². The second-order valence-electron chi connectivity index (χ2n) is 3.22. The molecule has 0 aliphatic heterocycles. The van der Waals surface area contributed by atoms with Crippen molar-refractivity contribution in [1.82, 2.24) is 5.32 Å². The van der Waals surface area contributed by atoms with Gasteiger partial charge in [0.1, 0.15) is 0 Å². The Morgan fingerprint density at radius 3 is 2.79 bits per heavy atom. The van der Waals surface area contributed by atoms with E-state index in [0.29, 0.717) is 26.1 Å². The summed E-state index contributed by atoms with van der Waals surface area (Å²) in [7, 11) is 0. The first kappa shape index (κ1) is 13.4. The zero-order valence-electron chi connectivity index (χ0n) is 9.05. The van der Waals surface area contributed by atoms with Crippen LogP contribution in [0.2, 0.25) is 0 Å². The van der Waals surface area contributed by atoms with E-state index in [2.05, 4.69) is 12.2 Å². The van der Waals surface area contributed by atoms with E-state index in [4.69, 9.17) is 10.5 Å². The van der Waals surface area contributed by atoms with Crippen molar-refractivity contribution < 1.29 is 9.53 Å². The fourth-order valence-electron chi connectivity index (χ4n) is 1.03. The number of nitrogens with one attached hydrogen (secondary N) is 1. The second kappa shape index (κ2) is 10.5. The summed E-state index contributed by atoms with van der Waals surface area (Å²) < 4.78 is 5.01. The molecule has 0 atom stereocenters. The van der Waals surface area contributed by atoms with Gasteiger partial charge in [-0.1, -0.05) is 19.8 Å². The molecule has 4 nitrogen and oxygen atoms in total. The number of nitrogens with two attached hydrogens (primary N) is 1. The molecule has 0 rings (SSSR count). The Kier molecular flexibility index (Phi) is 10.0. The number of unbranched alkanes of at least 4 members (excludes halogenated alkanes) is 2. The van der Waals surface area contributed by atoms with E-state index < -0.39 is 0 Å². The number of rotatable bonds is 9. The van der Waals surface area contributed by atoms with Crippen molar-refractivity contribution in [2.75, 3.05) is 26.2 Å². The van der Waals surface area contributed by atoms with E-state index in [0.717, 1.165) is 25.8 Å². The standard InChI is InChI=1S/C10H22N2O2/c1-2-3-4-9-14-10(13)5-7-12-8-6-11/h12H,2-9,11H2,1H3. The summed E-state index contributed by atoms with van der Waals surface area (Å²) in [5, 5.41) is 3.04. The summed E-state index contributed by atoms with van der Waals surface area (Å²) in [5.41, 5.74) is 5.28. The van der Waals surface area contributed by atoms with Crippen LogP contribution in [0, 0.1) is 0 Å². The lowest BCUT2D eigenvalue weighted by Crippen LogP contribution is -2.25. The van der Waals surface area contributed by atoms with Crippen LogP contribution in [0.1, 0.15) is 32.6 Å². The number of hydrogen-bond donors (Lipinski definition) is 2. The summed E-state index contributed by atoms with van der Waals surface area (Å²) >= 11 is 0. The van der Waals surface area contributed by atoms with Crippen molar-refractivity contribution in [1.29, 1.82) is 0 Å². The minimum Gasteiger partial charge on any atom is -0.466 e. The predicted molar refractivity (Wildman–Crippen MR) is 57.0 cm³/mol. The van der Waals surface area contributed by atoms with Gasteiger partial charge in [0, 0.05) is 19.6 Å². The van der Waals surface area contributed by atoms with Crippen LogP contribution in [0.25, 0.3) is 0 Å². The highest BCUT2D eigenvalue weighted by atomic mass is 16.5. The van der Waals surface area contributed by atoms with Crippen molar-refractivity contribution in [3.8, 4) is 0 Å². The molecule has 0 aromatic carbocycles. The molecule has 0 unspecified atom stereocenters. The number of ether oxygens (including phenoxy) is 1. The molecule has 0 saturated heterocycles. The van der Waals surface area contributed by atoms with E-state index >= 15 is 0 Å². The Bertz CT molecular complexity index is 126. The first-order valence-corrected chi connectivity index (χ1v) is 5.37. The molecule has 0 fully saturated rings. The lowest BCUT2D eigenvalue weighted by Gasteiger charge is -2.04. The van der Waals surface area contributed by atoms with Gasteiger partial charge >= 0.3 is 5.97 Å². The minimum atomic E-state index is -0.120. The third kappa shape index (κ3) is 9.48. The minimum absolute atomic E-state index is 0.120. The van der Waals surface area contributed by atoms with Crippen LogP contribution in [0.5, 0.6) is 0 Å². The molecule has 0 heterocycles. The highest BCUT2D eigenvalue weighted by Crippen LogP contribution is 1.95. The monoisotopic (exact) mass is 202 g/mol. The molecule has 0 aliphatic rings. The zero-order valence-corrected chi connectivity index (χ0v) is 9.05. The molecular formula is C10H22N2O2. The van der Waals surface area contributed by atoms with E-state index in [-0.39, 0.29) is 5.97 Å². The topological polar surface area (TPSA) is 64.3 Å². The first-order chi connectivity index (χ1) is 6.81. The molecule has 0 bridgehead atoms. The molecule has 0 saturated carbocycles. The van der Waals surface area contributed by atoms with Gasteiger partial charge in [-0.05, 0) is 6.42 Å². The Morgan fingerprint density at radius 2 is 2.14 bits per heavy atom. The molecule has 0 aromatic heterocycles. The SMILES string of the molecule is CCCCCOC(=O)CCNCCN. The number of hydrogen-bond acceptors (Lipinski definition) is 4. The van der Waals surface area contributed by atoms with Crippen LogP contribution in [0.15, 0.2) is 0 Å². The third-order valence-corrected chi connectivity index (χ3v) is 1.84. The highest BCUT2D eigenvalue weighted by molar-refractivity contribution is 5.69. The Labute approximate surface area is 86.2 Å². The van der Waals surface area contributed by atoms with Crippen LogP contribution in [-0.2, 0) is 9.53 Å². The predicted octanol–water partition coefficient (Wildman–Crippen LogP) is 0.658. The Morgan fingerprint density at radius 1 is 1.36 bits per heavy atom. The summed E-state index contributed by atoms with van der Waals surface area (Å²) in [6.07, 6.45) is 3.68. The maximum atomic E-state index is 11.1. The van der Waals surface area contributed by atoms with Gasteiger partial charge in [-0.2, -0.15) is 0 Å². The number of carbonyl (C=O) groups excluding carboxylic acids is 1. The molecule has 0 radical (unpaired) electrons. The summed E-state index contributed by atoms with van der Waals surface area (Å²) in [6.45, 7) is 4.70. The van der Waals surface area contributed by atoms with Gasteiger partial charge in [0.15, 0.2) is 0 Å². The average Bonchev–Trinajstić information content (AvgIpc) is 2.19. The van der Waals surface area contributed by atoms with Gasteiger partial charge in [0.25, 0.3) is 0 Å². The molecule has 0 amide bonds.